The SMILES string of the molecule is C[n+]1ccn(CCn2cc[n+](C)c2)c1.[Cl-].[Cl-]. The lowest BCUT2D eigenvalue weighted by molar-refractivity contribution is -0.671. The zero-order valence-corrected chi connectivity index (χ0v) is 10.9. The minimum Gasteiger partial charge on any atom is -1.00 e. The first-order valence-corrected chi connectivity index (χ1v) is 4.76. The van der Waals surface area contributed by atoms with Gasteiger partial charge in [0.1, 0.15) is 37.9 Å². The van der Waals surface area contributed by atoms with Crippen LogP contribution in [0.4, 0.5) is 0 Å². The summed E-state index contributed by atoms with van der Waals surface area (Å²) in [5.74, 6) is 0. The third kappa shape index (κ3) is 3.87. The van der Waals surface area contributed by atoms with Gasteiger partial charge in [0.15, 0.2) is 0 Å². The highest BCUT2D eigenvalue weighted by Crippen LogP contribution is 1.89. The van der Waals surface area contributed by atoms with E-state index in [-0.39, 0.29) is 24.8 Å². The predicted octanol–water partition coefficient (Wildman–Crippen LogP) is -6.35. The number of aromatic nitrogens is 4. The van der Waals surface area contributed by atoms with Gasteiger partial charge in [0, 0.05) is 0 Å². The smallest absolute Gasteiger partial charge is 0.243 e. The molecule has 2 aromatic rings. The number of aryl methyl sites for hydroxylation is 4. The molecule has 0 fully saturated rings. The number of halogens is 2. The lowest BCUT2D eigenvalue weighted by Crippen LogP contribution is -3.00. The van der Waals surface area contributed by atoms with Gasteiger partial charge in [-0.2, -0.15) is 0 Å². The second kappa shape index (κ2) is 6.55. The largest absolute Gasteiger partial charge is 1.00 e. The van der Waals surface area contributed by atoms with E-state index in [1.807, 2.05) is 14.1 Å². The summed E-state index contributed by atoms with van der Waals surface area (Å²) in [6.45, 7) is 2.02. The minimum absolute atomic E-state index is 0. The topological polar surface area (TPSA) is 17.6 Å². The van der Waals surface area contributed by atoms with Crippen LogP contribution in [0.25, 0.3) is 0 Å². The van der Waals surface area contributed by atoms with E-state index in [2.05, 4.69) is 55.7 Å². The van der Waals surface area contributed by atoms with Gasteiger partial charge in [0.2, 0.25) is 12.7 Å². The standard InChI is InChI=1S/C10H16N4.2ClH/c1-11-3-5-13(9-11)7-8-14-6-4-12(2)10-14;;/h3-6,9-10H,7-8H2,1-2H3;2*1H/q+2;;/p-2. The fourth-order valence-corrected chi connectivity index (χ4v) is 1.50. The second-order valence-electron chi connectivity index (χ2n) is 3.63. The molecular weight excluding hydrogens is 247 g/mol. The van der Waals surface area contributed by atoms with Crippen molar-refractivity contribution in [1.82, 2.24) is 9.13 Å². The monoisotopic (exact) mass is 262 g/mol. The van der Waals surface area contributed by atoms with E-state index in [1.165, 1.54) is 0 Å². The van der Waals surface area contributed by atoms with Gasteiger partial charge in [0.05, 0.1) is 14.1 Å². The van der Waals surface area contributed by atoms with Crippen molar-refractivity contribution in [2.24, 2.45) is 14.1 Å². The summed E-state index contributed by atoms with van der Waals surface area (Å²) >= 11 is 0. The Morgan fingerprint density at radius 3 is 1.44 bits per heavy atom. The van der Waals surface area contributed by atoms with E-state index >= 15 is 0 Å². The molecule has 0 saturated heterocycles. The zero-order valence-electron chi connectivity index (χ0n) is 9.42. The second-order valence-corrected chi connectivity index (χ2v) is 3.63. The molecule has 0 radical (unpaired) electrons. The average molecular weight is 263 g/mol. The average Bonchev–Trinajstić information content (AvgIpc) is 2.72. The summed E-state index contributed by atoms with van der Waals surface area (Å²) in [5.41, 5.74) is 0. The molecule has 0 aliphatic heterocycles. The van der Waals surface area contributed by atoms with Crippen LogP contribution >= 0.6 is 0 Å². The van der Waals surface area contributed by atoms with Crippen LogP contribution in [-0.4, -0.2) is 9.13 Å². The molecule has 2 heterocycles. The molecule has 6 heteroatoms. The van der Waals surface area contributed by atoms with Crippen LogP contribution in [0, 0.1) is 0 Å². The van der Waals surface area contributed by atoms with Crippen LogP contribution in [-0.2, 0) is 27.2 Å². The molecule has 0 aliphatic rings. The van der Waals surface area contributed by atoms with Crippen molar-refractivity contribution in [3.8, 4) is 0 Å². The van der Waals surface area contributed by atoms with Gasteiger partial charge in [-0.1, -0.05) is 0 Å². The van der Waals surface area contributed by atoms with E-state index in [9.17, 15) is 0 Å². The first kappa shape index (κ1) is 15.0. The first-order valence-electron chi connectivity index (χ1n) is 4.76. The van der Waals surface area contributed by atoms with E-state index < -0.39 is 0 Å². The van der Waals surface area contributed by atoms with Crippen molar-refractivity contribution in [1.29, 1.82) is 0 Å². The van der Waals surface area contributed by atoms with Gasteiger partial charge in [-0.15, -0.1) is 0 Å². The number of hydrogen-bond acceptors (Lipinski definition) is 0. The molecule has 2 rings (SSSR count). The van der Waals surface area contributed by atoms with Crippen LogP contribution < -0.4 is 33.9 Å². The van der Waals surface area contributed by atoms with Crippen molar-refractivity contribution >= 4 is 0 Å². The van der Waals surface area contributed by atoms with Gasteiger partial charge in [-0.05, 0) is 0 Å². The Morgan fingerprint density at radius 2 is 1.19 bits per heavy atom. The molecule has 16 heavy (non-hydrogen) atoms. The van der Waals surface area contributed by atoms with Gasteiger partial charge in [-0.25, -0.2) is 18.3 Å². The molecule has 0 N–H and O–H groups in total. The van der Waals surface area contributed by atoms with E-state index in [4.69, 9.17) is 0 Å². The molecule has 0 unspecified atom stereocenters. The number of rotatable bonds is 3. The number of imidazole rings is 2. The van der Waals surface area contributed by atoms with Crippen LogP contribution in [0.2, 0.25) is 0 Å². The highest BCUT2D eigenvalue weighted by molar-refractivity contribution is 4.69. The fourth-order valence-electron chi connectivity index (χ4n) is 1.50. The zero-order chi connectivity index (χ0) is 9.97. The van der Waals surface area contributed by atoms with Crippen molar-refractivity contribution in [3.05, 3.63) is 37.4 Å². The van der Waals surface area contributed by atoms with Crippen LogP contribution in [0.1, 0.15) is 0 Å². The molecule has 0 aliphatic carbocycles. The lowest BCUT2D eigenvalue weighted by atomic mass is 10.6. The summed E-state index contributed by atoms with van der Waals surface area (Å²) in [7, 11) is 4.07. The maximum Gasteiger partial charge on any atom is 0.243 e. The van der Waals surface area contributed by atoms with Crippen LogP contribution in [0.3, 0.4) is 0 Å². The van der Waals surface area contributed by atoms with E-state index in [0.29, 0.717) is 0 Å². The highest BCUT2D eigenvalue weighted by Gasteiger charge is 2.03. The predicted molar refractivity (Wildman–Crippen MR) is 51.2 cm³/mol. The van der Waals surface area contributed by atoms with Gasteiger partial charge >= 0.3 is 0 Å². The quantitative estimate of drug-likeness (QED) is 0.490. The molecule has 0 aromatic carbocycles. The van der Waals surface area contributed by atoms with Gasteiger partial charge in [-0.3, -0.25) is 0 Å². The Bertz CT molecular complexity index is 382. The number of hydrogen-bond donors (Lipinski definition) is 0. The lowest BCUT2D eigenvalue weighted by Gasteiger charge is -1.92. The molecule has 4 nitrogen and oxygen atoms in total. The Kier molecular flexibility index (Phi) is 6.14. The van der Waals surface area contributed by atoms with E-state index in [1.54, 1.807) is 0 Å². The summed E-state index contributed by atoms with van der Waals surface area (Å²) in [6, 6.07) is 0. The Hall–Kier alpha value is -1.00. The molecule has 0 saturated carbocycles. The van der Waals surface area contributed by atoms with Crippen LogP contribution in [0.5, 0.6) is 0 Å². The fraction of sp³-hybridized carbons (Fsp3) is 0.400. The van der Waals surface area contributed by atoms with Crippen molar-refractivity contribution in [3.63, 3.8) is 0 Å². The normalized spacial score (nSPS) is 9.38. The molecule has 0 spiro atoms. The van der Waals surface area contributed by atoms with Crippen molar-refractivity contribution in [2.75, 3.05) is 0 Å². The third-order valence-corrected chi connectivity index (χ3v) is 2.26. The molecular formula is C10H16Cl2N4. The summed E-state index contributed by atoms with van der Waals surface area (Å²) in [4.78, 5) is 0. The number of nitrogens with zero attached hydrogens (tertiary/aromatic N) is 4. The first-order chi connectivity index (χ1) is 6.74. The van der Waals surface area contributed by atoms with Crippen molar-refractivity contribution in [2.45, 2.75) is 13.1 Å². The summed E-state index contributed by atoms with van der Waals surface area (Å²) < 4.78 is 8.46. The molecule has 2 aromatic heterocycles. The maximum atomic E-state index is 2.18. The maximum absolute atomic E-state index is 2.18. The molecule has 0 bridgehead atoms. The Labute approximate surface area is 108 Å². The highest BCUT2D eigenvalue weighted by atomic mass is 35.5. The molecule has 90 valence electrons. The summed E-state index contributed by atoms with van der Waals surface area (Å²) in [5, 5.41) is 0. The van der Waals surface area contributed by atoms with E-state index in [0.717, 1.165) is 13.1 Å². The van der Waals surface area contributed by atoms with Crippen molar-refractivity contribution < 1.29 is 33.9 Å². The third-order valence-electron chi connectivity index (χ3n) is 2.26. The van der Waals surface area contributed by atoms with Gasteiger partial charge < -0.3 is 24.8 Å². The molecule has 0 amide bonds. The summed E-state index contributed by atoms with van der Waals surface area (Å²) in [6.07, 6.45) is 12.4. The Morgan fingerprint density at radius 1 is 0.812 bits per heavy atom. The van der Waals surface area contributed by atoms with Gasteiger partial charge in [0.25, 0.3) is 0 Å². The van der Waals surface area contributed by atoms with Crippen LogP contribution in [0.15, 0.2) is 37.4 Å². The minimum atomic E-state index is 0. The molecule has 0 atom stereocenters. The Balaban J connectivity index is 0.00000112.